The van der Waals surface area contributed by atoms with Gasteiger partial charge in [-0.2, -0.15) is 25.2 Å². The number of hydrogen-bond donors (Lipinski definition) is 13. The second kappa shape index (κ2) is 26.1. The van der Waals surface area contributed by atoms with Crippen LogP contribution in [-0.2, 0) is 23.7 Å². The molecule has 16 atom stereocenters. The topological polar surface area (TPSA) is 509 Å². The number of carbonyl (C=O) groups excluding carboxylic acids is 1. The third-order valence-corrected chi connectivity index (χ3v) is 13.4. The summed E-state index contributed by atoms with van der Waals surface area (Å²) in [5, 5.41) is 87.3. The van der Waals surface area contributed by atoms with Crippen LogP contribution in [0.4, 0.5) is 23.3 Å². The Kier molecular flexibility index (Phi) is 20.3. The zero-order chi connectivity index (χ0) is 61.2. The van der Waals surface area contributed by atoms with Gasteiger partial charge in [0.15, 0.2) is 41.1 Å². The molecule has 31 nitrogen and oxygen atoms in total. The fourth-order valence-electron chi connectivity index (χ4n) is 8.73. The van der Waals surface area contributed by atoms with Crippen molar-refractivity contribution in [1.29, 1.82) is 5.26 Å². The predicted molar refractivity (Wildman–Crippen MR) is 283 cm³/mol. The van der Waals surface area contributed by atoms with Crippen molar-refractivity contribution in [2.45, 2.75) is 71.7 Å². The number of aromatic nitrogens is 8. The van der Waals surface area contributed by atoms with E-state index in [-0.39, 0.29) is 23.3 Å². The van der Waals surface area contributed by atoms with Crippen LogP contribution in [0.25, 0.3) is 0 Å². The molecule has 4 fully saturated rings. The molecule has 8 rings (SSSR count). The summed E-state index contributed by atoms with van der Waals surface area (Å²) < 4.78 is 26.0. The standard InChI is InChI=1S/C13H14ClN3O4.C13H13N3O4.C12H14N4O5.C12H12N4O4/c1-2-13(7-18)10(19)8(3-5-14)11(21-13)17-6-4-9(15)16-12(17)20;1-3-8-10(18)13(4-2,7-17)20-11(8)16-6-5-9(14)15-12(16)19;1-2-12(5-17)8(18)7(9(14)19)10(21-12)16-4-3-6(13)15-11(16)20;1-2-12(6-17)9(18)7(5-13)10(20-12)16-4-3-8(14)15-11(16)19/h1,3-6,8,10-11,18-19H,7H2,(H2,15,16,20);1-2,5-6,8,10-11,17-18H,7H2,(H2,14,15,19);1,3-4,7-8,10,17-18H,5H2,(H2,14,19)(H2,13,15,20);1,3-4,7,9-10,17-18H,6H2,(H2,14,15,19)/t2*8-,10-,11+,13+;7-,8+,10-,12-;7-,9-,10+,12+/m0010/s1. The molecule has 4 saturated heterocycles. The van der Waals surface area contributed by atoms with Crippen LogP contribution in [0.1, 0.15) is 24.9 Å². The molecule has 0 bridgehead atoms. The van der Waals surface area contributed by atoms with Crippen LogP contribution in [-0.4, -0.2) is 158 Å². The molecular weight excluding hydrogens is 1100 g/mol. The minimum atomic E-state index is -1.83. The maximum absolute atomic E-state index is 11.9. The highest BCUT2D eigenvalue weighted by Gasteiger charge is 2.58. The van der Waals surface area contributed by atoms with Crippen molar-refractivity contribution in [3.05, 3.63) is 103 Å². The lowest BCUT2D eigenvalue weighted by Gasteiger charge is -2.23. The molecule has 0 saturated carbocycles. The highest BCUT2D eigenvalue weighted by Crippen LogP contribution is 2.44. The Morgan fingerprint density at radius 3 is 1.18 bits per heavy atom. The molecule has 4 aromatic heterocycles. The number of nitrogens with two attached hydrogens (primary N) is 5. The average Bonchev–Trinajstić information content (AvgIpc) is 4.28. The Morgan fingerprint density at radius 2 is 0.866 bits per heavy atom. The zero-order valence-corrected chi connectivity index (χ0v) is 43.2. The summed E-state index contributed by atoms with van der Waals surface area (Å²) in [7, 11) is 0. The highest BCUT2D eigenvalue weighted by atomic mass is 35.5. The van der Waals surface area contributed by atoms with Gasteiger partial charge in [0.25, 0.3) is 0 Å². The Morgan fingerprint density at radius 1 is 0.561 bits per heavy atom. The van der Waals surface area contributed by atoms with Crippen LogP contribution >= 0.6 is 11.6 Å². The van der Waals surface area contributed by atoms with Crippen molar-refractivity contribution in [1.82, 2.24) is 38.2 Å². The molecule has 0 spiro atoms. The summed E-state index contributed by atoms with van der Waals surface area (Å²) >= 11 is 5.56. The number of amides is 1. The van der Waals surface area contributed by atoms with Crippen molar-refractivity contribution < 1.29 is 64.6 Å². The Hall–Kier alpha value is -8.97. The van der Waals surface area contributed by atoms with Gasteiger partial charge < -0.3 is 88.5 Å². The van der Waals surface area contributed by atoms with Crippen molar-refractivity contribution in [3.63, 3.8) is 0 Å². The van der Waals surface area contributed by atoms with Gasteiger partial charge in [-0.05, 0) is 24.3 Å². The fourth-order valence-corrected chi connectivity index (χ4v) is 8.89. The zero-order valence-electron chi connectivity index (χ0n) is 42.5. The molecule has 8 heterocycles. The van der Waals surface area contributed by atoms with Crippen LogP contribution in [0.5, 0.6) is 0 Å². The van der Waals surface area contributed by atoms with E-state index in [1.54, 1.807) is 0 Å². The third-order valence-electron chi connectivity index (χ3n) is 13.3. The van der Waals surface area contributed by atoms with Crippen LogP contribution in [0.15, 0.2) is 79.8 Å². The van der Waals surface area contributed by atoms with Gasteiger partial charge in [0, 0.05) is 30.3 Å². The number of carbonyl (C=O) groups is 1. The number of terminal acetylenes is 5. The van der Waals surface area contributed by atoms with E-state index in [0.29, 0.717) is 0 Å². The monoisotopic (exact) mass is 1160 g/mol. The second-order valence-electron chi connectivity index (χ2n) is 17.9. The number of nitriles is 1. The summed E-state index contributed by atoms with van der Waals surface area (Å²) in [5.74, 6) is 6.10. The normalized spacial score (nSPS) is 32.3. The van der Waals surface area contributed by atoms with E-state index in [1.165, 1.54) is 60.7 Å². The quantitative estimate of drug-likeness (QED) is 0.0656. The molecule has 0 aliphatic carbocycles. The van der Waals surface area contributed by atoms with E-state index < -0.39 is 150 Å². The molecule has 4 aromatic rings. The number of primary amides is 1. The molecule has 4 aliphatic rings. The van der Waals surface area contributed by atoms with Crippen LogP contribution in [0, 0.1) is 96.7 Å². The molecule has 0 aromatic carbocycles. The summed E-state index contributed by atoms with van der Waals surface area (Å²) in [6.07, 6.45) is 23.2. The minimum absolute atomic E-state index is 0.0173. The smallest absolute Gasteiger partial charge is 0.351 e. The lowest BCUT2D eigenvalue weighted by Crippen LogP contribution is -2.46. The Bertz CT molecular complexity index is 3440. The summed E-state index contributed by atoms with van der Waals surface area (Å²) in [6, 6.07) is 7.28. The van der Waals surface area contributed by atoms with E-state index in [4.69, 9.17) is 96.6 Å². The number of nitrogen functional groups attached to an aromatic ring is 4. The number of rotatable bonds is 10. The van der Waals surface area contributed by atoms with E-state index in [1.807, 2.05) is 6.07 Å². The maximum Gasteiger partial charge on any atom is 0.351 e. The number of aliphatic hydroxyl groups is 8. The van der Waals surface area contributed by atoms with Crippen molar-refractivity contribution in [3.8, 4) is 67.8 Å². The third kappa shape index (κ3) is 12.0. The van der Waals surface area contributed by atoms with Gasteiger partial charge >= 0.3 is 22.8 Å². The predicted octanol–water partition coefficient (Wildman–Crippen LogP) is -6.82. The number of halogens is 1. The second-order valence-corrected chi connectivity index (χ2v) is 18.2. The molecule has 0 radical (unpaired) electrons. The number of hydrogen-bond acceptors (Lipinski definition) is 26. The lowest BCUT2D eigenvalue weighted by molar-refractivity contribution is -0.127. The largest absolute Gasteiger partial charge is 0.392 e. The molecule has 32 heteroatoms. The first-order valence-electron chi connectivity index (χ1n) is 23.4. The van der Waals surface area contributed by atoms with E-state index in [9.17, 15) is 64.8 Å². The van der Waals surface area contributed by atoms with Gasteiger partial charge in [0.1, 0.15) is 65.8 Å². The number of aliphatic hydroxyl groups excluding tert-OH is 8. The number of nitrogens with zero attached hydrogens (tertiary/aromatic N) is 9. The first kappa shape index (κ1) is 63.9. The van der Waals surface area contributed by atoms with Crippen molar-refractivity contribution in [2.75, 3.05) is 49.4 Å². The van der Waals surface area contributed by atoms with Gasteiger partial charge in [0.2, 0.25) is 5.91 Å². The van der Waals surface area contributed by atoms with E-state index in [2.05, 4.69) is 49.5 Å². The molecule has 18 N–H and O–H groups in total. The van der Waals surface area contributed by atoms with Gasteiger partial charge in [-0.25, -0.2) is 19.2 Å². The average molecular weight is 1160 g/mol. The van der Waals surface area contributed by atoms with Gasteiger partial charge in [0.05, 0.1) is 44.3 Å². The highest BCUT2D eigenvalue weighted by molar-refractivity contribution is 6.25. The van der Waals surface area contributed by atoms with Gasteiger partial charge in [-0.1, -0.05) is 47.3 Å². The molecule has 1 amide bonds. The molecule has 0 unspecified atom stereocenters. The van der Waals surface area contributed by atoms with Gasteiger partial charge in [-0.15, -0.1) is 32.1 Å². The Balaban J connectivity index is 0.000000200. The summed E-state index contributed by atoms with van der Waals surface area (Å²) in [4.78, 5) is 73.0. The lowest BCUT2D eigenvalue weighted by atomic mass is 9.90. The first-order valence-corrected chi connectivity index (χ1v) is 23.8. The number of anilines is 4. The van der Waals surface area contributed by atoms with Crippen LogP contribution in [0.3, 0.4) is 0 Å². The van der Waals surface area contributed by atoms with Crippen LogP contribution < -0.4 is 51.4 Å². The van der Waals surface area contributed by atoms with Crippen LogP contribution in [0.2, 0.25) is 0 Å². The Labute approximate surface area is 468 Å². The first-order chi connectivity index (χ1) is 38.8. The fraction of sp³-hybridized carbons (Fsp3) is 0.400. The molecular formula is C50H53ClN14O17. The minimum Gasteiger partial charge on any atom is -0.392 e. The molecule has 82 heavy (non-hydrogen) atoms. The molecule has 432 valence electrons. The summed E-state index contributed by atoms with van der Waals surface area (Å²) in [6.45, 7) is -2.67. The molecule has 4 aliphatic heterocycles. The summed E-state index contributed by atoms with van der Waals surface area (Å²) in [5.41, 5.74) is 18.3. The van der Waals surface area contributed by atoms with Gasteiger partial charge in [-0.3, -0.25) is 23.1 Å². The van der Waals surface area contributed by atoms with Crippen molar-refractivity contribution in [2.24, 2.45) is 29.4 Å². The maximum atomic E-state index is 11.9. The SMILES string of the molecule is C#C[C@@H]1[C@H](n2ccc(N)nc2=O)O[C@](C#C)(CO)[C@H]1O.C#C[C@]1(CO)O[C@@H](n2ccc(N)nc2=O)[C@@H](C#N)[C@@H]1O.C#C[C@]1(CO)O[C@@H](n2ccc(N)nc2=O)[C@@H](C(N)=O)[C@@H]1O.C#C[C@]1(CO)O[C@@H](n2ccc(N)nc2=O)[C@@H](C=CCl)[C@@H]1O. The van der Waals surface area contributed by atoms with Crippen molar-refractivity contribution >= 4 is 40.8 Å². The number of ether oxygens (including phenoxy) is 4. The van der Waals surface area contributed by atoms with E-state index in [0.717, 1.165) is 18.3 Å². The van der Waals surface area contributed by atoms with E-state index >= 15 is 0 Å².